The summed E-state index contributed by atoms with van der Waals surface area (Å²) in [4.78, 5) is 18.2. The quantitative estimate of drug-likeness (QED) is 0.432. The second kappa shape index (κ2) is 9.57. The lowest BCUT2D eigenvalue weighted by Gasteiger charge is -2.10. The fourth-order valence-electron chi connectivity index (χ4n) is 2.67. The summed E-state index contributed by atoms with van der Waals surface area (Å²) >= 11 is 0.878. The average Bonchev–Trinajstić information content (AvgIpc) is 3.34. The number of rotatable bonds is 8. The van der Waals surface area contributed by atoms with Gasteiger partial charge in [-0.25, -0.2) is 18.1 Å². The van der Waals surface area contributed by atoms with Gasteiger partial charge in [-0.15, -0.1) is 0 Å². The van der Waals surface area contributed by atoms with Gasteiger partial charge in [0.2, 0.25) is 0 Å². The Balaban J connectivity index is 1.92. The number of ether oxygens (including phenoxy) is 1. The Morgan fingerprint density at radius 2 is 1.97 bits per heavy atom. The average molecular weight is 504 g/mol. The van der Waals surface area contributed by atoms with Crippen molar-refractivity contribution in [2.75, 3.05) is 33.5 Å². The molecule has 0 spiro atoms. The van der Waals surface area contributed by atoms with Crippen LogP contribution in [0.15, 0.2) is 35.2 Å². The van der Waals surface area contributed by atoms with E-state index in [1.807, 2.05) is 0 Å². The van der Waals surface area contributed by atoms with Gasteiger partial charge in [-0.2, -0.15) is 22.6 Å². The number of aromatic nitrogens is 4. The first kappa shape index (κ1) is 24.8. The van der Waals surface area contributed by atoms with Crippen LogP contribution in [-0.4, -0.2) is 71.9 Å². The smallest absolute Gasteiger partial charge is 0.435 e. The van der Waals surface area contributed by atoms with Crippen LogP contribution >= 0.6 is 11.5 Å². The van der Waals surface area contributed by atoms with E-state index >= 15 is 0 Å². The molecule has 0 amide bonds. The SMILES string of the molecule is CN(C)CCOC(=O)Cn1nc(C(F)(F)F)cc1-c1nsc(-c2cccc(S(C)(=O)=O)c2)n1. The molecule has 0 unspecified atom stereocenters. The fourth-order valence-corrected chi connectivity index (χ4v) is 4.00. The first-order valence-electron chi connectivity index (χ1n) is 9.44. The van der Waals surface area contributed by atoms with Crippen LogP contribution < -0.4 is 0 Å². The molecule has 33 heavy (non-hydrogen) atoms. The number of hydrogen-bond acceptors (Lipinski definition) is 9. The molecular weight excluding hydrogens is 483 g/mol. The number of benzene rings is 1. The van der Waals surface area contributed by atoms with E-state index in [2.05, 4.69) is 14.5 Å². The van der Waals surface area contributed by atoms with Crippen LogP contribution in [0.5, 0.6) is 0 Å². The number of nitrogens with zero attached hydrogens (tertiary/aromatic N) is 5. The highest BCUT2D eigenvalue weighted by molar-refractivity contribution is 7.90. The second-order valence-corrected chi connectivity index (χ2v) is 10.1. The number of sulfone groups is 1. The molecule has 0 aliphatic carbocycles. The molecule has 0 fully saturated rings. The van der Waals surface area contributed by atoms with Gasteiger partial charge in [0.15, 0.2) is 21.4 Å². The highest BCUT2D eigenvalue weighted by atomic mass is 32.2. The van der Waals surface area contributed by atoms with Gasteiger partial charge in [0.25, 0.3) is 0 Å². The summed E-state index contributed by atoms with van der Waals surface area (Å²) in [6.07, 6.45) is -3.68. The molecule has 0 atom stereocenters. The van der Waals surface area contributed by atoms with Crippen molar-refractivity contribution in [1.29, 1.82) is 0 Å². The zero-order chi connectivity index (χ0) is 24.4. The molecule has 3 aromatic rings. The Labute approximate surface area is 191 Å². The topological polar surface area (TPSA) is 107 Å². The predicted molar refractivity (Wildman–Crippen MR) is 114 cm³/mol. The number of alkyl halides is 3. The van der Waals surface area contributed by atoms with Crippen molar-refractivity contribution in [3.63, 3.8) is 0 Å². The monoisotopic (exact) mass is 503 g/mol. The van der Waals surface area contributed by atoms with Crippen molar-refractivity contribution in [2.24, 2.45) is 0 Å². The number of likely N-dealkylation sites (N-methyl/N-ethyl adjacent to an activating group) is 1. The first-order chi connectivity index (χ1) is 15.3. The van der Waals surface area contributed by atoms with Crippen LogP contribution in [-0.2, 0) is 32.1 Å². The van der Waals surface area contributed by atoms with Crippen molar-refractivity contribution in [3.05, 3.63) is 36.0 Å². The molecule has 2 aromatic heterocycles. The van der Waals surface area contributed by atoms with Crippen molar-refractivity contribution in [2.45, 2.75) is 17.6 Å². The Kier molecular flexibility index (Phi) is 7.19. The minimum absolute atomic E-state index is 0.0709. The molecular formula is C19H20F3N5O4S2. The van der Waals surface area contributed by atoms with E-state index in [0.717, 1.165) is 28.5 Å². The summed E-state index contributed by atoms with van der Waals surface area (Å²) in [5, 5.41) is 3.79. The molecule has 0 radical (unpaired) electrons. The molecule has 3 rings (SSSR count). The van der Waals surface area contributed by atoms with Gasteiger partial charge < -0.3 is 9.64 Å². The third-order valence-corrected chi connectivity index (χ3v) is 6.19. The summed E-state index contributed by atoms with van der Waals surface area (Å²) in [5.74, 6) is -0.838. The van der Waals surface area contributed by atoms with Crippen LogP contribution in [0, 0.1) is 0 Å². The molecule has 0 saturated carbocycles. The molecule has 0 saturated heterocycles. The van der Waals surface area contributed by atoms with E-state index in [0.29, 0.717) is 17.1 Å². The van der Waals surface area contributed by atoms with E-state index in [4.69, 9.17) is 4.74 Å². The van der Waals surface area contributed by atoms with Crippen molar-refractivity contribution in [1.82, 2.24) is 24.0 Å². The standard InChI is InChI=1S/C19H20F3N5O4S2/c1-26(2)7-8-31-16(28)11-27-14(10-15(24-27)19(20,21)22)17-23-18(32-25-17)12-5-4-6-13(9-12)33(3,29)30/h4-6,9-10H,7-8,11H2,1-3H3. The summed E-state index contributed by atoms with van der Waals surface area (Å²) < 4.78 is 73.4. The Bertz CT molecular complexity index is 1250. The van der Waals surface area contributed by atoms with Crippen LogP contribution in [0.4, 0.5) is 13.2 Å². The second-order valence-electron chi connectivity index (χ2n) is 7.32. The Morgan fingerprint density at radius 3 is 2.61 bits per heavy atom. The van der Waals surface area contributed by atoms with E-state index < -0.39 is 34.2 Å². The Morgan fingerprint density at radius 1 is 1.24 bits per heavy atom. The first-order valence-corrected chi connectivity index (χ1v) is 12.1. The lowest BCUT2D eigenvalue weighted by Crippen LogP contribution is -2.22. The van der Waals surface area contributed by atoms with Crippen LogP contribution in [0.2, 0.25) is 0 Å². The molecule has 178 valence electrons. The van der Waals surface area contributed by atoms with Gasteiger partial charge in [0.1, 0.15) is 23.9 Å². The summed E-state index contributed by atoms with van der Waals surface area (Å²) in [5.41, 5.74) is -0.880. The van der Waals surface area contributed by atoms with E-state index in [9.17, 15) is 26.4 Å². The number of halogens is 3. The third-order valence-electron chi connectivity index (χ3n) is 4.32. The van der Waals surface area contributed by atoms with Crippen LogP contribution in [0.25, 0.3) is 22.1 Å². The van der Waals surface area contributed by atoms with Gasteiger partial charge in [0, 0.05) is 18.4 Å². The van der Waals surface area contributed by atoms with E-state index in [1.54, 1.807) is 25.1 Å². The van der Waals surface area contributed by atoms with Gasteiger partial charge in [-0.3, -0.25) is 4.79 Å². The minimum atomic E-state index is -4.74. The predicted octanol–water partition coefficient (Wildman–Crippen LogP) is 2.60. The van der Waals surface area contributed by atoms with Gasteiger partial charge in [-0.1, -0.05) is 12.1 Å². The molecule has 9 nitrogen and oxygen atoms in total. The molecule has 0 aliphatic rings. The number of carbonyl (C=O) groups is 1. The highest BCUT2D eigenvalue weighted by Gasteiger charge is 2.36. The molecule has 0 aliphatic heterocycles. The largest absolute Gasteiger partial charge is 0.463 e. The number of esters is 1. The van der Waals surface area contributed by atoms with Crippen molar-refractivity contribution >= 4 is 27.3 Å². The maximum Gasteiger partial charge on any atom is 0.435 e. The number of carbonyl (C=O) groups excluding carboxylic acids is 1. The van der Waals surface area contributed by atoms with Crippen molar-refractivity contribution < 1.29 is 31.1 Å². The highest BCUT2D eigenvalue weighted by Crippen LogP contribution is 2.33. The number of hydrogen-bond donors (Lipinski definition) is 0. The normalized spacial score (nSPS) is 12.3. The maximum atomic E-state index is 13.3. The van der Waals surface area contributed by atoms with Gasteiger partial charge in [-0.05, 0) is 43.8 Å². The Hall–Kier alpha value is -2.84. The summed E-state index contributed by atoms with van der Waals surface area (Å²) in [7, 11) is 0.106. The van der Waals surface area contributed by atoms with Crippen molar-refractivity contribution in [3.8, 4) is 22.1 Å². The van der Waals surface area contributed by atoms with Crippen LogP contribution in [0.1, 0.15) is 5.69 Å². The molecule has 1 aromatic carbocycles. The zero-order valence-corrected chi connectivity index (χ0v) is 19.5. The maximum absolute atomic E-state index is 13.3. The van der Waals surface area contributed by atoms with Gasteiger partial charge in [0.05, 0.1) is 4.90 Å². The molecule has 0 bridgehead atoms. The molecule has 0 N–H and O–H groups in total. The van der Waals surface area contributed by atoms with E-state index in [1.165, 1.54) is 18.2 Å². The summed E-state index contributed by atoms with van der Waals surface area (Å²) in [6.45, 7) is -0.0314. The summed E-state index contributed by atoms with van der Waals surface area (Å²) in [6, 6.07) is 6.72. The lowest BCUT2D eigenvalue weighted by atomic mass is 10.2. The van der Waals surface area contributed by atoms with Crippen LogP contribution in [0.3, 0.4) is 0 Å². The zero-order valence-electron chi connectivity index (χ0n) is 17.8. The molecule has 2 heterocycles. The lowest BCUT2D eigenvalue weighted by molar-refractivity contribution is -0.146. The van der Waals surface area contributed by atoms with Gasteiger partial charge >= 0.3 is 12.1 Å². The minimum Gasteiger partial charge on any atom is -0.463 e. The molecule has 14 heteroatoms. The fraction of sp³-hybridized carbons (Fsp3) is 0.368. The third kappa shape index (κ3) is 6.36. The van der Waals surface area contributed by atoms with E-state index in [-0.39, 0.29) is 23.0 Å².